The van der Waals surface area contributed by atoms with Crippen LogP contribution in [0.5, 0.6) is 0 Å². The molecule has 4 N–H and O–H groups in total. The van der Waals surface area contributed by atoms with Crippen LogP contribution in [0.1, 0.15) is 24.6 Å². The van der Waals surface area contributed by atoms with Gasteiger partial charge in [-0.2, -0.15) is 0 Å². The van der Waals surface area contributed by atoms with Crippen molar-refractivity contribution >= 4 is 11.9 Å². The van der Waals surface area contributed by atoms with E-state index < -0.39 is 11.9 Å². The first kappa shape index (κ1) is 12.2. The third-order valence-corrected chi connectivity index (χ3v) is 1.84. The summed E-state index contributed by atoms with van der Waals surface area (Å²) in [7, 11) is 0. The Morgan fingerprint density at radius 2 is 2.31 bits per heavy atom. The number of imide groups is 1. The number of hydrogen-bond acceptors (Lipinski definition) is 5. The summed E-state index contributed by atoms with van der Waals surface area (Å²) in [5, 5.41) is 4.78. The van der Waals surface area contributed by atoms with Gasteiger partial charge in [-0.3, -0.25) is 15.4 Å². The predicted molar refractivity (Wildman–Crippen MR) is 55.4 cm³/mol. The van der Waals surface area contributed by atoms with Gasteiger partial charge in [0.2, 0.25) is 11.8 Å². The van der Waals surface area contributed by atoms with Crippen molar-refractivity contribution in [3.63, 3.8) is 0 Å². The Kier molecular flexibility index (Phi) is 4.01. The number of aryl methyl sites for hydroxylation is 1. The third kappa shape index (κ3) is 3.70. The smallest absolute Gasteiger partial charge is 0.318 e. The van der Waals surface area contributed by atoms with Crippen molar-refractivity contribution in [2.24, 2.45) is 5.73 Å². The Bertz CT molecular complexity index is 388. The summed E-state index contributed by atoms with van der Waals surface area (Å²) < 4.78 is 5.26. The molecule has 1 aromatic heterocycles. The number of carbonyl (C=O) groups is 2. The van der Waals surface area contributed by atoms with Crippen LogP contribution in [0.15, 0.2) is 10.6 Å². The van der Waals surface area contributed by atoms with Crippen LogP contribution in [0.25, 0.3) is 0 Å². The van der Waals surface area contributed by atoms with Crippen molar-refractivity contribution in [3.8, 4) is 0 Å². The van der Waals surface area contributed by atoms with E-state index in [0.717, 1.165) is 0 Å². The number of hydrogen-bond donors (Lipinski definition) is 3. The van der Waals surface area contributed by atoms with E-state index in [1.165, 1.54) is 0 Å². The lowest BCUT2D eigenvalue weighted by Crippen LogP contribution is -2.41. The molecule has 0 spiro atoms. The first-order chi connectivity index (χ1) is 7.49. The molecule has 1 unspecified atom stereocenters. The predicted octanol–water partition coefficient (Wildman–Crippen LogP) is -0.171. The summed E-state index contributed by atoms with van der Waals surface area (Å²) >= 11 is 0. The number of oxazole rings is 1. The van der Waals surface area contributed by atoms with Crippen molar-refractivity contribution in [2.75, 3.05) is 6.54 Å². The molecule has 0 aliphatic rings. The van der Waals surface area contributed by atoms with Gasteiger partial charge in [0.15, 0.2) is 0 Å². The number of urea groups is 1. The highest BCUT2D eigenvalue weighted by Gasteiger charge is 2.12. The Morgan fingerprint density at radius 1 is 1.62 bits per heavy atom. The molecule has 0 bridgehead atoms. The molecule has 1 aromatic rings. The van der Waals surface area contributed by atoms with Crippen molar-refractivity contribution < 1.29 is 14.0 Å². The molecular weight excluding hydrogens is 212 g/mol. The van der Waals surface area contributed by atoms with Gasteiger partial charge in [-0.15, -0.1) is 0 Å². The lowest BCUT2D eigenvalue weighted by atomic mass is 10.3. The van der Waals surface area contributed by atoms with E-state index in [4.69, 9.17) is 10.2 Å². The van der Waals surface area contributed by atoms with Crippen molar-refractivity contribution in [2.45, 2.75) is 19.9 Å². The molecule has 7 heteroatoms. The molecule has 0 radical (unpaired) electrons. The van der Waals surface area contributed by atoms with Crippen molar-refractivity contribution in [1.29, 1.82) is 0 Å². The minimum atomic E-state index is -0.869. The van der Waals surface area contributed by atoms with Crippen molar-refractivity contribution in [3.05, 3.63) is 17.8 Å². The average Bonchev–Trinajstić information content (AvgIpc) is 2.60. The maximum Gasteiger partial charge on any atom is 0.318 e. The van der Waals surface area contributed by atoms with E-state index in [1.807, 2.05) is 5.32 Å². The summed E-state index contributed by atoms with van der Waals surface area (Å²) in [5.74, 6) is 0.692. The molecule has 1 heterocycles. The molecule has 3 amide bonds. The molecule has 88 valence electrons. The number of rotatable bonds is 4. The lowest BCUT2D eigenvalue weighted by Gasteiger charge is -2.09. The summed E-state index contributed by atoms with van der Waals surface area (Å²) in [6.07, 6.45) is 1.59. The first-order valence-electron chi connectivity index (χ1n) is 4.74. The summed E-state index contributed by atoms with van der Waals surface area (Å²) in [5.41, 5.74) is 4.78. The second-order valence-electron chi connectivity index (χ2n) is 3.32. The van der Waals surface area contributed by atoms with Gasteiger partial charge in [0.1, 0.15) is 5.76 Å². The molecule has 7 nitrogen and oxygen atoms in total. The minimum absolute atomic E-state index is 0.0362. The van der Waals surface area contributed by atoms with Gasteiger partial charge in [0.25, 0.3) is 0 Å². The Balaban J connectivity index is 2.38. The SMILES string of the molecule is Cc1cnc(C(C)NCC(=O)NC(N)=O)o1. The Hall–Kier alpha value is -1.89. The second kappa shape index (κ2) is 5.26. The number of nitrogens with two attached hydrogens (primary N) is 1. The monoisotopic (exact) mass is 226 g/mol. The van der Waals surface area contributed by atoms with Gasteiger partial charge >= 0.3 is 6.03 Å². The van der Waals surface area contributed by atoms with E-state index in [-0.39, 0.29) is 12.6 Å². The van der Waals surface area contributed by atoms with E-state index in [9.17, 15) is 9.59 Å². The number of nitrogens with one attached hydrogen (secondary N) is 2. The number of carbonyl (C=O) groups excluding carboxylic acids is 2. The molecule has 1 atom stereocenters. The highest BCUT2D eigenvalue weighted by atomic mass is 16.4. The van der Waals surface area contributed by atoms with Gasteiger partial charge in [-0.05, 0) is 13.8 Å². The molecule has 1 rings (SSSR count). The van der Waals surface area contributed by atoms with E-state index >= 15 is 0 Å². The van der Waals surface area contributed by atoms with Crippen molar-refractivity contribution in [1.82, 2.24) is 15.6 Å². The normalized spacial score (nSPS) is 12.1. The fraction of sp³-hybridized carbons (Fsp3) is 0.444. The minimum Gasteiger partial charge on any atom is -0.444 e. The highest BCUT2D eigenvalue weighted by Crippen LogP contribution is 2.10. The van der Waals surface area contributed by atoms with Crippen LogP contribution in [0.3, 0.4) is 0 Å². The molecule has 0 aliphatic carbocycles. The number of aromatic nitrogens is 1. The van der Waals surface area contributed by atoms with E-state index in [1.54, 1.807) is 20.0 Å². The van der Waals surface area contributed by atoms with Crippen LogP contribution in [-0.4, -0.2) is 23.5 Å². The fourth-order valence-corrected chi connectivity index (χ4v) is 1.09. The van der Waals surface area contributed by atoms with Crippen LogP contribution in [0.2, 0.25) is 0 Å². The topological polar surface area (TPSA) is 110 Å². The molecular formula is C9H14N4O3. The maximum atomic E-state index is 11.1. The van der Waals surface area contributed by atoms with Gasteiger partial charge in [-0.1, -0.05) is 0 Å². The Morgan fingerprint density at radius 3 is 2.81 bits per heavy atom. The highest BCUT2D eigenvalue weighted by molar-refractivity contribution is 5.94. The number of amides is 3. The van der Waals surface area contributed by atoms with Crippen LogP contribution in [0.4, 0.5) is 4.79 Å². The molecule has 0 saturated carbocycles. The second-order valence-corrected chi connectivity index (χ2v) is 3.32. The lowest BCUT2D eigenvalue weighted by molar-refractivity contribution is -0.119. The van der Waals surface area contributed by atoms with E-state index in [0.29, 0.717) is 11.7 Å². The zero-order valence-electron chi connectivity index (χ0n) is 9.11. The first-order valence-corrected chi connectivity index (χ1v) is 4.74. The molecule has 0 aromatic carbocycles. The van der Waals surface area contributed by atoms with Gasteiger partial charge in [0, 0.05) is 0 Å². The average molecular weight is 226 g/mol. The van der Waals surface area contributed by atoms with Gasteiger partial charge < -0.3 is 10.2 Å². The summed E-state index contributed by atoms with van der Waals surface area (Å²) in [4.78, 5) is 25.4. The van der Waals surface area contributed by atoms with E-state index in [2.05, 4.69) is 10.3 Å². The van der Waals surface area contributed by atoms with Crippen LogP contribution in [-0.2, 0) is 4.79 Å². The molecule has 0 saturated heterocycles. The quantitative estimate of drug-likeness (QED) is 0.660. The molecule has 0 fully saturated rings. The summed E-state index contributed by atoms with van der Waals surface area (Å²) in [6.45, 7) is 3.54. The van der Waals surface area contributed by atoms with Crippen LogP contribution in [0, 0.1) is 6.92 Å². The molecule has 0 aliphatic heterocycles. The number of primary amides is 1. The maximum absolute atomic E-state index is 11.1. The van der Waals surface area contributed by atoms with Crippen LogP contribution < -0.4 is 16.4 Å². The zero-order chi connectivity index (χ0) is 12.1. The van der Waals surface area contributed by atoms with Crippen LogP contribution >= 0.6 is 0 Å². The third-order valence-electron chi connectivity index (χ3n) is 1.84. The largest absolute Gasteiger partial charge is 0.444 e. The zero-order valence-corrected chi connectivity index (χ0v) is 9.11. The fourth-order valence-electron chi connectivity index (χ4n) is 1.09. The number of nitrogens with zero attached hydrogens (tertiary/aromatic N) is 1. The summed E-state index contributed by atoms with van der Waals surface area (Å²) in [6, 6.07) is -1.08. The van der Waals surface area contributed by atoms with Gasteiger partial charge in [-0.25, -0.2) is 9.78 Å². The standard InChI is InChI=1S/C9H14N4O3/c1-5-3-12-8(16-5)6(2)11-4-7(14)13-9(10)15/h3,6,11H,4H2,1-2H3,(H3,10,13,14,15). The Labute approximate surface area is 92.4 Å². The molecule has 16 heavy (non-hydrogen) atoms. The van der Waals surface area contributed by atoms with Gasteiger partial charge in [0.05, 0.1) is 18.8 Å².